The zero-order chi connectivity index (χ0) is 20.4. The van der Waals surface area contributed by atoms with Crippen LogP contribution < -0.4 is 0 Å². The fraction of sp³-hybridized carbons (Fsp3) is 0.250. The van der Waals surface area contributed by atoms with Gasteiger partial charge >= 0.3 is 0 Å². The second-order valence-electron chi connectivity index (χ2n) is 6.76. The Bertz CT molecular complexity index is 1090. The molecule has 0 N–H and O–H groups in total. The van der Waals surface area contributed by atoms with Gasteiger partial charge in [-0.2, -0.15) is 4.31 Å². The van der Waals surface area contributed by atoms with Crippen LogP contribution in [0.25, 0.3) is 11.3 Å². The number of sulfonamides is 1. The van der Waals surface area contributed by atoms with E-state index < -0.39 is 10.0 Å². The van der Waals surface area contributed by atoms with Gasteiger partial charge in [0.05, 0.1) is 17.6 Å². The zero-order valence-corrected chi connectivity index (χ0v) is 17.0. The van der Waals surface area contributed by atoms with Crippen LogP contribution in [-0.2, 0) is 16.6 Å². The van der Waals surface area contributed by atoms with E-state index >= 15 is 0 Å². The highest BCUT2D eigenvalue weighted by Gasteiger charge is 2.29. The van der Waals surface area contributed by atoms with Crippen LogP contribution in [0.3, 0.4) is 0 Å². The number of piperazine rings is 1. The lowest BCUT2D eigenvalue weighted by Crippen LogP contribution is -2.48. The predicted molar refractivity (Wildman–Crippen MR) is 107 cm³/mol. The van der Waals surface area contributed by atoms with Crippen molar-refractivity contribution >= 4 is 21.6 Å². The molecule has 0 spiro atoms. The second kappa shape index (κ2) is 8.23. The van der Waals surface area contributed by atoms with Crippen LogP contribution in [0, 0.1) is 5.82 Å². The smallest absolute Gasteiger partial charge is 0.243 e. The zero-order valence-electron chi connectivity index (χ0n) is 15.5. The van der Waals surface area contributed by atoms with Crippen LogP contribution in [0.2, 0.25) is 5.02 Å². The van der Waals surface area contributed by atoms with E-state index in [9.17, 15) is 12.8 Å². The van der Waals surface area contributed by atoms with Gasteiger partial charge in [-0.1, -0.05) is 17.7 Å². The minimum atomic E-state index is -3.56. The number of rotatable bonds is 5. The van der Waals surface area contributed by atoms with Crippen LogP contribution >= 0.6 is 11.6 Å². The molecule has 4 rings (SSSR count). The molecule has 0 aliphatic carbocycles. The molecule has 1 aromatic heterocycles. The van der Waals surface area contributed by atoms with E-state index in [1.165, 1.54) is 22.5 Å². The average Bonchev–Trinajstić information content (AvgIpc) is 3.17. The monoisotopic (exact) mass is 435 g/mol. The Labute approximate surface area is 173 Å². The number of benzene rings is 2. The highest BCUT2D eigenvalue weighted by Crippen LogP contribution is 2.23. The van der Waals surface area contributed by atoms with Gasteiger partial charge in [0.25, 0.3) is 0 Å². The highest BCUT2D eigenvalue weighted by atomic mass is 35.5. The molecular weight excluding hydrogens is 417 g/mol. The highest BCUT2D eigenvalue weighted by molar-refractivity contribution is 7.89. The molecule has 3 aromatic rings. The largest absolute Gasteiger partial charge is 0.439 e. The summed E-state index contributed by atoms with van der Waals surface area (Å²) >= 11 is 5.93. The van der Waals surface area contributed by atoms with E-state index in [1.807, 2.05) is 0 Å². The fourth-order valence-electron chi connectivity index (χ4n) is 3.23. The first-order valence-electron chi connectivity index (χ1n) is 9.10. The van der Waals surface area contributed by atoms with Gasteiger partial charge in [0.15, 0.2) is 5.76 Å². The van der Waals surface area contributed by atoms with Crippen molar-refractivity contribution in [2.45, 2.75) is 11.4 Å². The topological polar surface area (TPSA) is 66.7 Å². The minimum absolute atomic E-state index is 0.204. The number of aromatic nitrogens is 1. The van der Waals surface area contributed by atoms with Crippen molar-refractivity contribution in [3.05, 3.63) is 71.5 Å². The van der Waals surface area contributed by atoms with Crippen molar-refractivity contribution in [3.8, 4) is 11.3 Å². The molecule has 1 aliphatic heterocycles. The lowest BCUT2D eigenvalue weighted by Gasteiger charge is -2.33. The third kappa shape index (κ3) is 4.51. The van der Waals surface area contributed by atoms with E-state index in [2.05, 4.69) is 9.88 Å². The van der Waals surface area contributed by atoms with Crippen LogP contribution in [0.4, 0.5) is 4.39 Å². The third-order valence-corrected chi connectivity index (χ3v) is 6.94. The maximum atomic E-state index is 13.1. The summed E-state index contributed by atoms with van der Waals surface area (Å²) in [5.74, 6) is 0.803. The molecule has 2 heterocycles. The minimum Gasteiger partial charge on any atom is -0.439 e. The number of hydrogen-bond donors (Lipinski definition) is 0. The van der Waals surface area contributed by atoms with Gasteiger partial charge < -0.3 is 4.42 Å². The Morgan fingerprint density at radius 2 is 1.79 bits per heavy atom. The predicted octanol–water partition coefficient (Wildman–Crippen LogP) is 3.64. The standard InChI is InChI=1S/C20H19ClFN3O3S/c21-16-2-1-3-18(12-16)29(26,27)25-10-8-24(9-11-25)14-20-23-13-19(28-20)15-4-6-17(22)7-5-15/h1-7,12-13H,8-11,14H2. The average molecular weight is 436 g/mol. The molecule has 0 atom stereocenters. The van der Waals surface area contributed by atoms with Crippen LogP contribution in [0.5, 0.6) is 0 Å². The first kappa shape index (κ1) is 20.0. The Balaban J connectivity index is 1.37. The third-order valence-electron chi connectivity index (χ3n) is 4.81. The molecule has 0 saturated carbocycles. The molecule has 29 heavy (non-hydrogen) atoms. The molecule has 1 aliphatic rings. The number of hydrogen-bond acceptors (Lipinski definition) is 5. The molecule has 9 heteroatoms. The normalized spacial score (nSPS) is 16.2. The summed E-state index contributed by atoms with van der Waals surface area (Å²) in [5.41, 5.74) is 0.752. The molecule has 0 unspecified atom stereocenters. The van der Waals surface area contributed by atoms with Crippen molar-refractivity contribution in [1.29, 1.82) is 0 Å². The summed E-state index contributed by atoms with van der Waals surface area (Å²) < 4.78 is 45.8. The van der Waals surface area contributed by atoms with Crippen molar-refractivity contribution in [1.82, 2.24) is 14.2 Å². The first-order chi connectivity index (χ1) is 13.9. The van der Waals surface area contributed by atoms with E-state index in [0.29, 0.717) is 49.4 Å². The van der Waals surface area contributed by atoms with Gasteiger partial charge in [-0.05, 0) is 42.5 Å². The van der Waals surface area contributed by atoms with E-state index in [1.54, 1.807) is 36.5 Å². The Morgan fingerprint density at radius 3 is 2.48 bits per heavy atom. The van der Waals surface area contributed by atoms with Crippen molar-refractivity contribution in [2.24, 2.45) is 0 Å². The van der Waals surface area contributed by atoms with Crippen molar-refractivity contribution in [2.75, 3.05) is 26.2 Å². The summed E-state index contributed by atoms with van der Waals surface area (Å²) in [5, 5.41) is 0.394. The van der Waals surface area contributed by atoms with Gasteiger partial charge in [0.2, 0.25) is 15.9 Å². The summed E-state index contributed by atoms with van der Waals surface area (Å²) in [4.78, 5) is 6.58. The Hall–Kier alpha value is -2.26. The van der Waals surface area contributed by atoms with Gasteiger partial charge in [-0.25, -0.2) is 17.8 Å². The molecule has 6 nitrogen and oxygen atoms in total. The number of oxazole rings is 1. The molecule has 0 radical (unpaired) electrons. The van der Waals surface area contributed by atoms with Crippen molar-refractivity contribution in [3.63, 3.8) is 0 Å². The molecule has 0 bridgehead atoms. The van der Waals surface area contributed by atoms with Crippen LogP contribution in [0.1, 0.15) is 5.89 Å². The molecule has 2 aromatic carbocycles. The van der Waals surface area contributed by atoms with E-state index in [0.717, 1.165) is 5.56 Å². The molecule has 1 saturated heterocycles. The Morgan fingerprint density at radius 1 is 1.07 bits per heavy atom. The van der Waals surface area contributed by atoms with Crippen molar-refractivity contribution < 1.29 is 17.2 Å². The van der Waals surface area contributed by atoms with Crippen LogP contribution in [0.15, 0.2) is 64.0 Å². The van der Waals surface area contributed by atoms with Gasteiger partial charge in [0.1, 0.15) is 5.82 Å². The van der Waals surface area contributed by atoms with E-state index in [-0.39, 0.29) is 10.7 Å². The lowest BCUT2D eigenvalue weighted by molar-refractivity contribution is 0.168. The SMILES string of the molecule is O=S(=O)(c1cccc(Cl)c1)N1CCN(Cc2ncc(-c3ccc(F)cc3)o2)CC1. The molecule has 152 valence electrons. The van der Waals surface area contributed by atoms with Gasteiger partial charge in [-0.3, -0.25) is 4.90 Å². The lowest BCUT2D eigenvalue weighted by atomic mass is 10.2. The van der Waals surface area contributed by atoms with Gasteiger partial charge in [0, 0.05) is 36.8 Å². The number of halogens is 2. The molecule has 1 fully saturated rings. The Kier molecular flexibility index (Phi) is 5.69. The van der Waals surface area contributed by atoms with Crippen LogP contribution in [-0.4, -0.2) is 48.8 Å². The maximum absolute atomic E-state index is 13.1. The first-order valence-corrected chi connectivity index (χ1v) is 10.9. The fourth-order valence-corrected chi connectivity index (χ4v) is 4.95. The summed E-state index contributed by atoms with van der Waals surface area (Å²) in [6, 6.07) is 12.3. The summed E-state index contributed by atoms with van der Waals surface area (Å²) in [7, 11) is -3.56. The quantitative estimate of drug-likeness (QED) is 0.612. The molecule has 0 amide bonds. The summed E-state index contributed by atoms with van der Waals surface area (Å²) in [6.45, 7) is 2.36. The second-order valence-corrected chi connectivity index (χ2v) is 9.14. The van der Waals surface area contributed by atoms with E-state index in [4.69, 9.17) is 16.0 Å². The van der Waals surface area contributed by atoms with Gasteiger partial charge in [-0.15, -0.1) is 0 Å². The maximum Gasteiger partial charge on any atom is 0.243 e. The molecular formula is C20H19ClFN3O3S. The number of nitrogens with zero attached hydrogens (tertiary/aromatic N) is 3. The summed E-state index contributed by atoms with van der Waals surface area (Å²) in [6.07, 6.45) is 1.61.